The van der Waals surface area contributed by atoms with Crippen LogP contribution in [0.2, 0.25) is 0 Å². The Kier molecular flexibility index (Phi) is 4.01. The first-order valence-electron chi connectivity index (χ1n) is 4.16. The molecule has 1 atom stereocenters. The van der Waals surface area contributed by atoms with Gasteiger partial charge < -0.3 is 0 Å². The maximum absolute atomic E-state index is 5.16. The van der Waals surface area contributed by atoms with E-state index in [0.717, 1.165) is 4.47 Å². The first kappa shape index (κ1) is 10.3. The van der Waals surface area contributed by atoms with Gasteiger partial charge in [0.1, 0.15) is 0 Å². The molecule has 2 heteroatoms. The maximum Gasteiger partial charge on any atom is 0.0578 e. The number of halogens is 1. The first-order chi connectivity index (χ1) is 6.24. The van der Waals surface area contributed by atoms with Crippen LogP contribution in [-0.4, -0.2) is 6.54 Å². The fourth-order valence-electron chi connectivity index (χ4n) is 1.08. The third kappa shape index (κ3) is 3.22. The highest BCUT2D eigenvalue weighted by atomic mass is 79.9. The predicted octanol–water partition coefficient (Wildman–Crippen LogP) is 2.73. The van der Waals surface area contributed by atoms with Crippen LogP contribution < -0.4 is 5.32 Å². The van der Waals surface area contributed by atoms with E-state index in [4.69, 9.17) is 6.42 Å². The van der Waals surface area contributed by atoms with Crippen LogP contribution in [-0.2, 0) is 0 Å². The summed E-state index contributed by atoms with van der Waals surface area (Å²) in [7, 11) is 0. The van der Waals surface area contributed by atoms with Crippen molar-refractivity contribution in [1.29, 1.82) is 0 Å². The molecule has 0 aliphatic heterocycles. The summed E-state index contributed by atoms with van der Waals surface area (Å²) in [5.41, 5.74) is 1.25. The first-order valence-corrected chi connectivity index (χ1v) is 4.95. The zero-order valence-corrected chi connectivity index (χ0v) is 9.14. The van der Waals surface area contributed by atoms with Crippen molar-refractivity contribution in [2.45, 2.75) is 13.0 Å². The Morgan fingerprint density at radius 3 is 2.62 bits per heavy atom. The third-order valence-electron chi connectivity index (χ3n) is 1.88. The minimum atomic E-state index is 0.309. The molecular weight excluding hydrogens is 226 g/mol. The molecule has 0 aliphatic rings. The van der Waals surface area contributed by atoms with Gasteiger partial charge in [-0.15, -0.1) is 6.42 Å². The zero-order chi connectivity index (χ0) is 9.68. The molecule has 0 aliphatic carbocycles. The lowest BCUT2D eigenvalue weighted by molar-refractivity contribution is 0.623. The molecule has 0 saturated carbocycles. The minimum Gasteiger partial charge on any atom is -0.300 e. The summed E-state index contributed by atoms with van der Waals surface area (Å²) in [5, 5.41) is 3.22. The van der Waals surface area contributed by atoms with E-state index in [2.05, 4.69) is 46.2 Å². The predicted molar refractivity (Wildman–Crippen MR) is 59.4 cm³/mol. The van der Waals surface area contributed by atoms with E-state index in [0.29, 0.717) is 12.6 Å². The number of hydrogen-bond donors (Lipinski definition) is 1. The van der Waals surface area contributed by atoms with Crippen molar-refractivity contribution in [3.05, 3.63) is 34.3 Å². The third-order valence-corrected chi connectivity index (χ3v) is 2.41. The molecule has 0 bridgehead atoms. The van der Waals surface area contributed by atoms with E-state index in [1.807, 2.05) is 12.1 Å². The quantitative estimate of drug-likeness (QED) is 0.798. The van der Waals surface area contributed by atoms with E-state index in [9.17, 15) is 0 Å². The molecule has 1 aromatic carbocycles. The Balaban J connectivity index is 2.62. The van der Waals surface area contributed by atoms with Gasteiger partial charge >= 0.3 is 0 Å². The summed E-state index contributed by atoms with van der Waals surface area (Å²) in [6, 6.07) is 8.53. The molecule has 0 unspecified atom stereocenters. The standard InChI is InChI=1S/C11H12BrN/c1-3-8-13-9(2)10-4-6-11(12)7-5-10/h1,4-7,9,13H,8H2,2H3/t9-/m0/s1. The summed E-state index contributed by atoms with van der Waals surface area (Å²) in [6.45, 7) is 2.71. The van der Waals surface area contributed by atoms with Gasteiger partial charge in [0.25, 0.3) is 0 Å². The van der Waals surface area contributed by atoms with Crippen LogP contribution in [0.3, 0.4) is 0 Å². The van der Waals surface area contributed by atoms with Gasteiger partial charge in [0, 0.05) is 10.5 Å². The molecule has 0 heterocycles. The van der Waals surface area contributed by atoms with E-state index in [1.54, 1.807) is 0 Å². The Morgan fingerprint density at radius 2 is 2.08 bits per heavy atom. The molecule has 0 spiro atoms. The van der Waals surface area contributed by atoms with Gasteiger partial charge in [-0.2, -0.15) is 0 Å². The van der Waals surface area contributed by atoms with Crippen molar-refractivity contribution in [1.82, 2.24) is 5.32 Å². The van der Waals surface area contributed by atoms with Crippen molar-refractivity contribution in [2.24, 2.45) is 0 Å². The van der Waals surface area contributed by atoms with Crippen LogP contribution in [0.4, 0.5) is 0 Å². The van der Waals surface area contributed by atoms with Gasteiger partial charge in [-0.05, 0) is 24.6 Å². The van der Waals surface area contributed by atoms with Crippen molar-refractivity contribution < 1.29 is 0 Å². The molecule has 0 saturated heterocycles. The fraction of sp³-hybridized carbons (Fsp3) is 0.273. The van der Waals surface area contributed by atoms with Crippen molar-refractivity contribution in [2.75, 3.05) is 6.54 Å². The van der Waals surface area contributed by atoms with Crippen LogP contribution in [0.1, 0.15) is 18.5 Å². The molecule has 0 aromatic heterocycles. The van der Waals surface area contributed by atoms with Crippen LogP contribution in [0.25, 0.3) is 0 Å². The molecule has 1 N–H and O–H groups in total. The number of hydrogen-bond acceptors (Lipinski definition) is 1. The highest BCUT2D eigenvalue weighted by Gasteiger charge is 2.02. The maximum atomic E-state index is 5.16. The molecular formula is C11H12BrN. The van der Waals surface area contributed by atoms with E-state index in [-0.39, 0.29) is 0 Å². The summed E-state index contributed by atoms with van der Waals surface area (Å²) >= 11 is 3.39. The van der Waals surface area contributed by atoms with E-state index < -0.39 is 0 Å². The lowest BCUT2D eigenvalue weighted by Crippen LogP contribution is -2.18. The monoisotopic (exact) mass is 237 g/mol. The smallest absolute Gasteiger partial charge is 0.0578 e. The number of terminal acetylenes is 1. The topological polar surface area (TPSA) is 12.0 Å². The molecule has 13 heavy (non-hydrogen) atoms. The second kappa shape index (κ2) is 5.06. The van der Waals surface area contributed by atoms with Crippen molar-refractivity contribution >= 4 is 15.9 Å². The number of benzene rings is 1. The Bertz CT molecular complexity index is 297. The van der Waals surface area contributed by atoms with E-state index >= 15 is 0 Å². The van der Waals surface area contributed by atoms with Gasteiger partial charge in [0.2, 0.25) is 0 Å². The normalized spacial score (nSPS) is 12.1. The summed E-state index contributed by atoms with van der Waals surface area (Å²) < 4.78 is 1.10. The highest BCUT2D eigenvalue weighted by Crippen LogP contribution is 2.15. The van der Waals surface area contributed by atoms with Crippen molar-refractivity contribution in [3.8, 4) is 12.3 Å². The van der Waals surface area contributed by atoms with Crippen LogP contribution in [0, 0.1) is 12.3 Å². The van der Waals surface area contributed by atoms with Gasteiger partial charge in [0.15, 0.2) is 0 Å². The summed E-state index contributed by atoms with van der Waals surface area (Å²) in [4.78, 5) is 0. The lowest BCUT2D eigenvalue weighted by Gasteiger charge is -2.11. The van der Waals surface area contributed by atoms with Crippen LogP contribution >= 0.6 is 15.9 Å². The molecule has 0 radical (unpaired) electrons. The van der Waals surface area contributed by atoms with Crippen molar-refractivity contribution in [3.63, 3.8) is 0 Å². The fourth-order valence-corrected chi connectivity index (χ4v) is 1.35. The van der Waals surface area contributed by atoms with Crippen LogP contribution in [0.15, 0.2) is 28.7 Å². The number of nitrogens with one attached hydrogen (secondary N) is 1. The zero-order valence-electron chi connectivity index (χ0n) is 7.55. The summed E-state index contributed by atoms with van der Waals surface area (Å²) in [5.74, 6) is 2.56. The highest BCUT2D eigenvalue weighted by molar-refractivity contribution is 9.10. The average molecular weight is 238 g/mol. The molecule has 1 nitrogen and oxygen atoms in total. The second-order valence-electron chi connectivity index (χ2n) is 2.86. The van der Waals surface area contributed by atoms with Gasteiger partial charge in [-0.25, -0.2) is 0 Å². The van der Waals surface area contributed by atoms with Gasteiger partial charge in [0.05, 0.1) is 6.54 Å². The molecule has 0 amide bonds. The minimum absolute atomic E-state index is 0.309. The van der Waals surface area contributed by atoms with Gasteiger partial charge in [-0.1, -0.05) is 34.0 Å². The van der Waals surface area contributed by atoms with E-state index in [1.165, 1.54) is 5.56 Å². The Morgan fingerprint density at radius 1 is 1.46 bits per heavy atom. The Labute approximate surface area is 87.7 Å². The Hall–Kier alpha value is -0.780. The van der Waals surface area contributed by atoms with Crippen LogP contribution in [0.5, 0.6) is 0 Å². The SMILES string of the molecule is C#CCN[C@@H](C)c1ccc(Br)cc1. The number of rotatable bonds is 3. The lowest BCUT2D eigenvalue weighted by atomic mass is 10.1. The largest absolute Gasteiger partial charge is 0.300 e. The van der Waals surface area contributed by atoms with Gasteiger partial charge in [-0.3, -0.25) is 5.32 Å². The second-order valence-corrected chi connectivity index (χ2v) is 3.77. The molecule has 1 rings (SSSR count). The molecule has 1 aromatic rings. The summed E-state index contributed by atoms with van der Waals surface area (Å²) in [6.07, 6.45) is 5.16. The molecule has 0 fully saturated rings. The average Bonchev–Trinajstić information content (AvgIpc) is 2.15. The molecule has 68 valence electrons.